The lowest BCUT2D eigenvalue weighted by Gasteiger charge is -2.26. The number of hydrogen-bond donors (Lipinski definition) is 1. The van der Waals surface area contributed by atoms with Gasteiger partial charge >= 0.3 is 0 Å². The molecule has 1 heterocycles. The van der Waals surface area contributed by atoms with Crippen LogP contribution in [0.15, 0.2) is 0 Å². The van der Waals surface area contributed by atoms with Gasteiger partial charge in [-0.25, -0.2) is 0 Å². The Labute approximate surface area is 91.8 Å². The van der Waals surface area contributed by atoms with Crippen LogP contribution in [0.5, 0.6) is 0 Å². The summed E-state index contributed by atoms with van der Waals surface area (Å²) in [5.41, 5.74) is 5.74. The van der Waals surface area contributed by atoms with Crippen molar-refractivity contribution >= 4 is 5.91 Å². The van der Waals surface area contributed by atoms with Crippen LogP contribution in [0.1, 0.15) is 33.1 Å². The molecule has 0 spiro atoms. The minimum Gasteiger partial charge on any atom is -0.376 e. The van der Waals surface area contributed by atoms with Gasteiger partial charge in [0.1, 0.15) is 0 Å². The Morgan fingerprint density at radius 1 is 1.60 bits per heavy atom. The van der Waals surface area contributed by atoms with Gasteiger partial charge in [0.05, 0.1) is 12.1 Å². The van der Waals surface area contributed by atoms with Crippen LogP contribution in [0.3, 0.4) is 0 Å². The highest BCUT2D eigenvalue weighted by atomic mass is 16.5. The maximum Gasteiger partial charge on any atom is 0.239 e. The molecule has 1 amide bonds. The van der Waals surface area contributed by atoms with Gasteiger partial charge in [0, 0.05) is 19.7 Å². The average molecular weight is 214 g/mol. The van der Waals surface area contributed by atoms with E-state index in [1.807, 2.05) is 18.7 Å². The molecule has 0 aromatic heterocycles. The number of ether oxygens (including phenoxy) is 1. The number of nitrogens with two attached hydrogens (primary N) is 1. The van der Waals surface area contributed by atoms with Crippen molar-refractivity contribution in [3.8, 4) is 0 Å². The molecule has 0 aromatic rings. The van der Waals surface area contributed by atoms with Gasteiger partial charge in [-0.05, 0) is 26.2 Å². The largest absolute Gasteiger partial charge is 0.376 e. The Kier molecular flexibility index (Phi) is 5.05. The van der Waals surface area contributed by atoms with Gasteiger partial charge in [-0.15, -0.1) is 0 Å². The first kappa shape index (κ1) is 12.5. The molecule has 1 unspecified atom stereocenters. The molecule has 15 heavy (non-hydrogen) atoms. The SMILES string of the molecule is CC[C@@H](N)C(=O)N(CC)CC1CCCO1. The molecule has 0 aliphatic carbocycles. The van der Waals surface area contributed by atoms with Gasteiger partial charge in [-0.1, -0.05) is 6.92 Å². The Hall–Kier alpha value is -0.610. The fraction of sp³-hybridized carbons (Fsp3) is 0.909. The second-order valence-corrected chi connectivity index (χ2v) is 4.03. The number of likely N-dealkylation sites (N-methyl/N-ethyl adjacent to an activating group) is 1. The number of amides is 1. The monoisotopic (exact) mass is 214 g/mol. The summed E-state index contributed by atoms with van der Waals surface area (Å²) >= 11 is 0. The van der Waals surface area contributed by atoms with Crippen molar-refractivity contribution in [1.29, 1.82) is 0 Å². The third kappa shape index (κ3) is 3.47. The number of nitrogens with zero attached hydrogens (tertiary/aromatic N) is 1. The molecule has 88 valence electrons. The zero-order chi connectivity index (χ0) is 11.3. The van der Waals surface area contributed by atoms with Crippen LogP contribution in [0.25, 0.3) is 0 Å². The predicted molar refractivity (Wildman–Crippen MR) is 59.5 cm³/mol. The lowest BCUT2D eigenvalue weighted by atomic mass is 10.2. The summed E-state index contributed by atoms with van der Waals surface area (Å²) in [4.78, 5) is 13.6. The van der Waals surface area contributed by atoms with Crippen LogP contribution in [-0.4, -0.2) is 42.6 Å². The quantitative estimate of drug-likeness (QED) is 0.735. The number of carbonyl (C=O) groups excluding carboxylic acids is 1. The van der Waals surface area contributed by atoms with Crippen LogP contribution >= 0.6 is 0 Å². The van der Waals surface area contributed by atoms with Crippen molar-refractivity contribution in [2.45, 2.75) is 45.3 Å². The maximum atomic E-state index is 11.8. The normalized spacial score (nSPS) is 22.7. The van der Waals surface area contributed by atoms with Gasteiger partial charge in [0.15, 0.2) is 0 Å². The van der Waals surface area contributed by atoms with Gasteiger partial charge in [-0.3, -0.25) is 4.79 Å². The van der Waals surface area contributed by atoms with Crippen molar-refractivity contribution in [3.63, 3.8) is 0 Å². The summed E-state index contributed by atoms with van der Waals surface area (Å²) in [5.74, 6) is 0.0514. The Balaban J connectivity index is 2.43. The summed E-state index contributed by atoms with van der Waals surface area (Å²) in [6.45, 7) is 6.16. The second-order valence-electron chi connectivity index (χ2n) is 4.03. The lowest BCUT2D eigenvalue weighted by molar-refractivity contribution is -0.134. The highest BCUT2D eigenvalue weighted by Crippen LogP contribution is 2.13. The molecule has 0 aromatic carbocycles. The molecule has 0 radical (unpaired) electrons. The van der Waals surface area contributed by atoms with E-state index in [4.69, 9.17) is 10.5 Å². The smallest absolute Gasteiger partial charge is 0.239 e. The topological polar surface area (TPSA) is 55.6 Å². The van der Waals surface area contributed by atoms with Gasteiger partial charge in [0.25, 0.3) is 0 Å². The van der Waals surface area contributed by atoms with Gasteiger partial charge in [0.2, 0.25) is 5.91 Å². The number of carbonyl (C=O) groups is 1. The van der Waals surface area contributed by atoms with E-state index in [1.165, 1.54) is 0 Å². The third-order valence-electron chi connectivity index (χ3n) is 2.90. The van der Waals surface area contributed by atoms with E-state index in [2.05, 4.69) is 0 Å². The number of rotatable bonds is 5. The van der Waals surface area contributed by atoms with Gasteiger partial charge < -0.3 is 15.4 Å². The highest BCUT2D eigenvalue weighted by Gasteiger charge is 2.23. The summed E-state index contributed by atoms with van der Waals surface area (Å²) < 4.78 is 5.51. The fourth-order valence-corrected chi connectivity index (χ4v) is 1.82. The van der Waals surface area contributed by atoms with E-state index in [0.717, 1.165) is 19.4 Å². The zero-order valence-corrected chi connectivity index (χ0v) is 9.74. The molecule has 1 saturated heterocycles. The van der Waals surface area contributed by atoms with Crippen molar-refractivity contribution in [3.05, 3.63) is 0 Å². The molecular weight excluding hydrogens is 192 g/mol. The minimum atomic E-state index is -0.355. The molecule has 1 rings (SSSR count). The Bertz CT molecular complexity index is 203. The standard InChI is InChI=1S/C11H22N2O2/c1-3-10(12)11(14)13(4-2)8-9-6-5-7-15-9/h9-10H,3-8,12H2,1-2H3/t9?,10-/m1/s1. The van der Waals surface area contributed by atoms with Crippen molar-refractivity contribution in [2.75, 3.05) is 19.7 Å². The van der Waals surface area contributed by atoms with Gasteiger partial charge in [-0.2, -0.15) is 0 Å². The zero-order valence-electron chi connectivity index (χ0n) is 9.74. The number of hydrogen-bond acceptors (Lipinski definition) is 3. The third-order valence-corrected chi connectivity index (χ3v) is 2.90. The first-order chi connectivity index (χ1) is 7.19. The van der Waals surface area contributed by atoms with E-state index in [9.17, 15) is 4.79 Å². The Morgan fingerprint density at radius 2 is 2.33 bits per heavy atom. The van der Waals surface area contributed by atoms with E-state index in [0.29, 0.717) is 19.5 Å². The van der Waals surface area contributed by atoms with Crippen molar-refractivity contribution in [2.24, 2.45) is 5.73 Å². The average Bonchev–Trinajstić information content (AvgIpc) is 2.76. The van der Waals surface area contributed by atoms with Crippen LogP contribution in [-0.2, 0) is 9.53 Å². The molecular formula is C11H22N2O2. The van der Waals surface area contributed by atoms with E-state index in [1.54, 1.807) is 0 Å². The summed E-state index contributed by atoms with van der Waals surface area (Å²) in [6, 6.07) is -0.355. The Morgan fingerprint density at radius 3 is 2.80 bits per heavy atom. The molecule has 4 heteroatoms. The second kappa shape index (κ2) is 6.08. The summed E-state index contributed by atoms with van der Waals surface area (Å²) in [7, 11) is 0. The lowest BCUT2D eigenvalue weighted by Crippen LogP contribution is -2.46. The predicted octanol–water partition coefficient (Wildman–Crippen LogP) is 0.751. The molecule has 1 aliphatic rings. The van der Waals surface area contributed by atoms with Crippen LogP contribution in [0, 0.1) is 0 Å². The van der Waals surface area contributed by atoms with Crippen molar-refractivity contribution in [1.82, 2.24) is 4.90 Å². The van der Waals surface area contributed by atoms with Crippen LogP contribution in [0.4, 0.5) is 0 Å². The maximum absolute atomic E-state index is 11.8. The summed E-state index contributed by atoms with van der Waals surface area (Å²) in [5, 5.41) is 0. The molecule has 2 N–H and O–H groups in total. The molecule has 1 fully saturated rings. The van der Waals surface area contributed by atoms with Crippen molar-refractivity contribution < 1.29 is 9.53 Å². The molecule has 1 aliphatic heterocycles. The first-order valence-corrected chi connectivity index (χ1v) is 5.85. The first-order valence-electron chi connectivity index (χ1n) is 5.85. The van der Waals surface area contributed by atoms with Crippen LogP contribution < -0.4 is 5.73 Å². The highest BCUT2D eigenvalue weighted by molar-refractivity contribution is 5.81. The molecule has 0 saturated carbocycles. The molecule has 4 nitrogen and oxygen atoms in total. The minimum absolute atomic E-state index is 0.0514. The molecule has 2 atom stereocenters. The summed E-state index contributed by atoms with van der Waals surface area (Å²) in [6.07, 6.45) is 3.08. The fourth-order valence-electron chi connectivity index (χ4n) is 1.82. The van der Waals surface area contributed by atoms with Crippen LogP contribution in [0.2, 0.25) is 0 Å². The van der Waals surface area contributed by atoms with E-state index in [-0.39, 0.29) is 18.1 Å². The van der Waals surface area contributed by atoms with E-state index < -0.39 is 0 Å². The molecule has 0 bridgehead atoms. The van der Waals surface area contributed by atoms with E-state index >= 15 is 0 Å².